The Kier molecular flexibility index (Phi) is 4.84. The number of thiazole rings is 1. The Morgan fingerprint density at radius 3 is 2.65 bits per heavy atom. The van der Waals surface area contributed by atoms with E-state index in [0.717, 1.165) is 5.01 Å². The van der Waals surface area contributed by atoms with E-state index < -0.39 is 0 Å². The maximum Gasteiger partial charge on any atom is 0.224 e. The fourth-order valence-corrected chi connectivity index (χ4v) is 2.32. The number of aromatic nitrogens is 1. The summed E-state index contributed by atoms with van der Waals surface area (Å²) in [5, 5.41) is 8.32. The molecule has 104 valence electrons. The molecule has 0 radical (unpaired) electrons. The number of nitrogens with zero attached hydrogens (tertiary/aromatic N) is 1. The largest absolute Gasteiger partial charge is 0.326 e. The van der Waals surface area contributed by atoms with Crippen LogP contribution in [0.3, 0.4) is 0 Å². The second kappa shape index (κ2) is 6.81. The third kappa shape index (κ3) is 4.47. The Labute approximate surface area is 121 Å². The lowest BCUT2D eigenvalue weighted by atomic mass is 10.2. The van der Waals surface area contributed by atoms with Gasteiger partial charge in [0, 0.05) is 42.7 Å². The number of aryl methyl sites for hydroxylation is 1. The second-order valence-corrected chi connectivity index (χ2v) is 5.22. The minimum Gasteiger partial charge on any atom is -0.326 e. The van der Waals surface area contributed by atoms with Gasteiger partial charge in [-0.2, -0.15) is 0 Å². The quantitative estimate of drug-likeness (QED) is 0.889. The molecule has 1 aromatic heterocycles. The van der Waals surface area contributed by atoms with Gasteiger partial charge in [-0.25, -0.2) is 4.98 Å². The van der Waals surface area contributed by atoms with Crippen molar-refractivity contribution < 1.29 is 9.59 Å². The van der Waals surface area contributed by atoms with Crippen LogP contribution in [0.4, 0.5) is 11.4 Å². The van der Waals surface area contributed by atoms with Crippen LogP contribution in [0.25, 0.3) is 0 Å². The number of hydrogen-bond acceptors (Lipinski definition) is 4. The van der Waals surface area contributed by atoms with Crippen LogP contribution in [0.1, 0.15) is 18.4 Å². The molecule has 0 saturated carbocycles. The minimum absolute atomic E-state index is 0.0693. The number of amides is 2. The summed E-state index contributed by atoms with van der Waals surface area (Å²) in [6, 6.07) is 7.06. The van der Waals surface area contributed by atoms with Crippen LogP contribution in [0.2, 0.25) is 0 Å². The zero-order valence-electron chi connectivity index (χ0n) is 11.1. The summed E-state index contributed by atoms with van der Waals surface area (Å²) in [5.74, 6) is -0.211. The van der Waals surface area contributed by atoms with Gasteiger partial charge in [0.05, 0.1) is 5.01 Å². The molecule has 1 heterocycles. The Hall–Kier alpha value is -2.21. The molecule has 20 heavy (non-hydrogen) atoms. The summed E-state index contributed by atoms with van der Waals surface area (Å²) >= 11 is 1.54. The molecule has 0 aliphatic rings. The van der Waals surface area contributed by atoms with Crippen molar-refractivity contribution in [1.29, 1.82) is 0 Å². The van der Waals surface area contributed by atoms with Crippen molar-refractivity contribution in [1.82, 2.24) is 4.98 Å². The molecular formula is C14H15N3O2S. The molecule has 0 aliphatic carbocycles. The molecule has 0 spiro atoms. The van der Waals surface area contributed by atoms with Crippen LogP contribution < -0.4 is 10.6 Å². The lowest BCUT2D eigenvalue weighted by molar-refractivity contribution is -0.116. The summed E-state index contributed by atoms with van der Waals surface area (Å²) < 4.78 is 0. The van der Waals surface area contributed by atoms with Crippen LogP contribution in [-0.4, -0.2) is 16.8 Å². The molecule has 0 atom stereocenters. The average Bonchev–Trinajstić information content (AvgIpc) is 2.89. The zero-order chi connectivity index (χ0) is 14.4. The molecule has 0 aliphatic heterocycles. The van der Waals surface area contributed by atoms with Gasteiger partial charge >= 0.3 is 0 Å². The molecular weight excluding hydrogens is 274 g/mol. The maximum absolute atomic E-state index is 11.8. The molecule has 0 unspecified atom stereocenters. The second-order valence-electron chi connectivity index (χ2n) is 4.24. The normalized spacial score (nSPS) is 10.1. The molecule has 6 heteroatoms. The van der Waals surface area contributed by atoms with E-state index in [1.807, 2.05) is 5.38 Å². The fraction of sp³-hybridized carbons (Fsp3) is 0.214. The number of anilines is 2. The van der Waals surface area contributed by atoms with Crippen molar-refractivity contribution in [3.05, 3.63) is 40.8 Å². The van der Waals surface area contributed by atoms with Crippen LogP contribution in [0, 0.1) is 0 Å². The number of carbonyl (C=O) groups is 2. The molecule has 0 fully saturated rings. The van der Waals surface area contributed by atoms with Gasteiger partial charge in [0.2, 0.25) is 11.8 Å². The number of carbonyl (C=O) groups excluding carboxylic acids is 2. The highest BCUT2D eigenvalue weighted by Gasteiger charge is 2.05. The number of hydrogen-bond donors (Lipinski definition) is 2. The molecule has 2 amide bonds. The van der Waals surface area contributed by atoms with Gasteiger partial charge in [-0.05, 0) is 18.2 Å². The Balaban J connectivity index is 1.88. The van der Waals surface area contributed by atoms with E-state index in [0.29, 0.717) is 24.2 Å². The molecule has 2 N–H and O–H groups in total. The topological polar surface area (TPSA) is 71.1 Å². The Morgan fingerprint density at radius 2 is 2.00 bits per heavy atom. The van der Waals surface area contributed by atoms with Crippen molar-refractivity contribution in [3.8, 4) is 0 Å². The van der Waals surface area contributed by atoms with E-state index in [2.05, 4.69) is 15.6 Å². The molecule has 5 nitrogen and oxygen atoms in total. The summed E-state index contributed by atoms with van der Waals surface area (Å²) in [6.07, 6.45) is 2.75. The predicted molar refractivity (Wildman–Crippen MR) is 79.8 cm³/mol. The van der Waals surface area contributed by atoms with Crippen LogP contribution in [-0.2, 0) is 16.0 Å². The van der Waals surface area contributed by atoms with Crippen molar-refractivity contribution >= 4 is 34.5 Å². The van der Waals surface area contributed by atoms with Gasteiger partial charge in [-0.3, -0.25) is 9.59 Å². The van der Waals surface area contributed by atoms with Crippen LogP contribution in [0.5, 0.6) is 0 Å². The van der Waals surface area contributed by atoms with Gasteiger partial charge < -0.3 is 10.6 Å². The first-order chi connectivity index (χ1) is 9.63. The summed E-state index contributed by atoms with van der Waals surface area (Å²) in [4.78, 5) is 26.9. The zero-order valence-corrected chi connectivity index (χ0v) is 11.9. The van der Waals surface area contributed by atoms with Crippen LogP contribution >= 0.6 is 11.3 Å². The van der Waals surface area contributed by atoms with Gasteiger partial charge in [-0.15, -0.1) is 11.3 Å². The lowest BCUT2D eigenvalue weighted by Crippen LogP contribution is -2.13. The first kappa shape index (κ1) is 14.2. The van der Waals surface area contributed by atoms with Crippen molar-refractivity contribution in [2.75, 3.05) is 10.6 Å². The maximum atomic E-state index is 11.8. The Bertz CT molecular complexity index is 596. The third-order valence-electron chi connectivity index (χ3n) is 2.52. The summed E-state index contributed by atoms with van der Waals surface area (Å²) in [6.45, 7) is 1.44. The Morgan fingerprint density at radius 1 is 1.25 bits per heavy atom. The van der Waals surface area contributed by atoms with E-state index in [4.69, 9.17) is 0 Å². The molecule has 1 aromatic carbocycles. The van der Waals surface area contributed by atoms with Crippen molar-refractivity contribution in [2.24, 2.45) is 0 Å². The van der Waals surface area contributed by atoms with E-state index in [9.17, 15) is 9.59 Å². The standard InChI is InChI=1S/C14H15N3O2S/c1-10(18)16-11-3-2-4-12(9-11)17-13(19)5-6-14-15-7-8-20-14/h2-4,7-9H,5-6H2,1H3,(H,16,18)(H,17,19). The van der Waals surface area contributed by atoms with E-state index in [1.165, 1.54) is 6.92 Å². The molecule has 2 rings (SSSR count). The third-order valence-corrected chi connectivity index (χ3v) is 3.36. The van der Waals surface area contributed by atoms with Gasteiger partial charge in [0.1, 0.15) is 0 Å². The predicted octanol–water partition coefficient (Wildman–Crippen LogP) is 2.67. The highest BCUT2D eigenvalue weighted by Crippen LogP contribution is 2.15. The molecule has 0 bridgehead atoms. The number of benzene rings is 1. The highest BCUT2D eigenvalue weighted by molar-refractivity contribution is 7.09. The van der Waals surface area contributed by atoms with Gasteiger partial charge in [0.15, 0.2) is 0 Å². The summed E-state index contributed by atoms with van der Waals surface area (Å²) in [7, 11) is 0. The van der Waals surface area contributed by atoms with E-state index >= 15 is 0 Å². The summed E-state index contributed by atoms with van der Waals surface area (Å²) in [5.41, 5.74) is 1.33. The SMILES string of the molecule is CC(=O)Nc1cccc(NC(=O)CCc2nccs2)c1. The lowest BCUT2D eigenvalue weighted by Gasteiger charge is -2.07. The smallest absolute Gasteiger partial charge is 0.224 e. The first-order valence-corrected chi connectivity index (χ1v) is 7.07. The first-order valence-electron chi connectivity index (χ1n) is 6.19. The van der Waals surface area contributed by atoms with E-state index in [-0.39, 0.29) is 11.8 Å². The highest BCUT2D eigenvalue weighted by atomic mass is 32.1. The molecule has 0 saturated heterocycles. The monoisotopic (exact) mass is 289 g/mol. The van der Waals surface area contributed by atoms with E-state index in [1.54, 1.807) is 41.8 Å². The number of rotatable bonds is 5. The van der Waals surface area contributed by atoms with Crippen molar-refractivity contribution in [2.45, 2.75) is 19.8 Å². The average molecular weight is 289 g/mol. The number of nitrogens with one attached hydrogen (secondary N) is 2. The van der Waals surface area contributed by atoms with Gasteiger partial charge in [0.25, 0.3) is 0 Å². The minimum atomic E-state index is -0.141. The van der Waals surface area contributed by atoms with Crippen LogP contribution in [0.15, 0.2) is 35.8 Å². The van der Waals surface area contributed by atoms with Gasteiger partial charge in [-0.1, -0.05) is 6.07 Å². The molecule has 2 aromatic rings. The fourth-order valence-electron chi connectivity index (χ4n) is 1.70. The van der Waals surface area contributed by atoms with Crippen molar-refractivity contribution in [3.63, 3.8) is 0 Å².